The lowest BCUT2D eigenvalue weighted by atomic mass is 9.67. The van der Waals surface area contributed by atoms with Crippen LogP contribution in [-0.4, -0.2) is 22.8 Å². The van der Waals surface area contributed by atoms with Crippen LogP contribution >= 0.6 is 0 Å². The van der Waals surface area contributed by atoms with E-state index in [1.54, 1.807) is 0 Å². The van der Waals surface area contributed by atoms with Gasteiger partial charge in [0.05, 0.1) is 5.60 Å². The van der Waals surface area contributed by atoms with Gasteiger partial charge in [-0.15, -0.1) is 0 Å². The fourth-order valence-corrected chi connectivity index (χ4v) is 1.68. The Labute approximate surface area is 81.7 Å². The predicted molar refractivity (Wildman–Crippen MR) is 55.7 cm³/mol. The van der Waals surface area contributed by atoms with Gasteiger partial charge in [-0.2, -0.15) is 0 Å². The molecule has 1 fully saturated rings. The highest BCUT2D eigenvalue weighted by Gasteiger charge is 2.40. The van der Waals surface area contributed by atoms with Crippen LogP contribution in [0.25, 0.3) is 0 Å². The first kappa shape index (κ1) is 11.0. The van der Waals surface area contributed by atoms with E-state index < -0.39 is 5.60 Å². The molecule has 1 aliphatic rings. The molecule has 1 aliphatic carbocycles. The molecule has 2 N–H and O–H groups in total. The van der Waals surface area contributed by atoms with Crippen LogP contribution in [0.5, 0.6) is 0 Å². The second-order valence-corrected chi connectivity index (χ2v) is 5.62. The van der Waals surface area contributed by atoms with Gasteiger partial charge in [-0.25, -0.2) is 0 Å². The van der Waals surface area contributed by atoms with Crippen molar-refractivity contribution in [3.63, 3.8) is 0 Å². The Kier molecular flexibility index (Phi) is 2.75. The average Bonchev–Trinajstić information content (AvgIpc) is 1.96. The van der Waals surface area contributed by atoms with Crippen LogP contribution in [0.1, 0.15) is 47.5 Å². The molecule has 1 rings (SSSR count). The Balaban J connectivity index is 2.42. The van der Waals surface area contributed by atoms with Gasteiger partial charge in [-0.3, -0.25) is 0 Å². The van der Waals surface area contributed by atoms with Crippen molar-refractivity contribution in [3.8, 4) is 0 Å². The first-order valence-corrected chi connectivity index (χ1v) is 5.22. The zero-order valence-corrected chi connectivity index (χ0v) is 9.52. The van der Waals surface area contributed by atoms with E-state index in [9.17, 15) is 5.11 Å². The van der Waals surface area contributed by atoms with Gasteiger partial charge in [0.1, 0.15) is 0 Å². The molecule has 2 unspecified atom stereocenters. The molecule has 13 heavy (non-hydrogen) atoms. The lowest BCUT2D eigenvalue weighted by molar-refractivity contribution is 0.0124. The number of rotatable bonds is 3. The van der Waals surface area contributed by atoms with E-state index in [-0.39, 0.29) is 6.04 Å². The molecule has 0 aromatic carbocycles. The Bertz CT molecular complexity index is 171. The van der Waals surface area contributed by atoms with Crippen molar-refractivity contribution in [2.75, 3.05) is 0 Å². The minimum atomic E-state index is -0.619. The van der Waals surface area contributed by atoms with Gasteiger partial charge in [0.2, 0.25) is 0 Å². The van der Waals surface area contributed by atoms with E-state index in [0.717, 1.165) is 0 Å². The molecule has 0 spiro atoms. The fourth-order valence-electron chi connectivity index (χ4n) is 1.68. The highest BCUT2D eigenvalue weighted by atomic mass is 16.3. The minimum Gasteiger partial charge on any atom is -0.389 e. The van der Waals surface area contributed by atoms with Crippen molar-refractivity contribution in [3.05, 3.63) is 0 Å². The molecule has 2 heteroatoms. The maximum absolute atomic E-state index is 9.76. The Hall–Kier alpha value is -0.0800. The van der Waals surface area contributed by atoms with Crippen LogP contribution in [0.15, 0.2) is 0 Å². The van der Waals surface area contributed by atoms with Crippen molar-refractivity contribution < 1.29 is 5.11 Å². The van der Waals surface area contributed by atoms with E-state index in [2.05, 4.69) is 26.1 Å². The van der Waals surface area contributed by atoms with Crippen LogP contribution in [0.4, 0.5) is 0 Å². The SMILES string of the molecule is CC(NC1CCC1(C)C)C(C)(C)O. The number of nitrogens with one attached hydrogen (secondary N) is 1. The number of aliphatic hydroxyl groups is 1. The summed E-state index contributed by atoms with van der Waals surface area (Å²) in [6, 6.07) is 0.742. The maximum atomic E-state index is 9.76. The normalized spacial score (nSPS) is 29.5. The van der Waals surface area contributed by atoms with E-state index >= 15 is 0 Å². The topological polar surface area (TPSA) is 32.3 Å². The molecule has 0 aromatic heterocycles. The summed E-state index contributed by atoms with van der Waals surface area (Å²) in [7, 11) is 0. The smallest absolute Gasteiger partial charge is 0.0741 e. The van der Waals surface area contributed by atoms with Crippen molar-refractivity contribution in [2.45, 2.75) is 65.1 Å². The zero-order valence-electron chi connectivity index (χ0n) is 9.52. The summed E-state index contributed by atoms with van der Waals surface area (Å²) in [5, 5.41) is 13.3. The summed E-state index contributed by atoms with van der Waals surface area (Å²) < 4.78 is 0. The molecule has 0 heterocycles. The summed E-state index contributed by atoms with van der Waals surface area (Å²) >= 11 is 0. The van der Waals surface area contributed by atoms with Crippen LogP contribution in [-0.2, 0) is 0 Å². The summed E-state index contributed by atoms with van der Waals surface area (Å²) in [6.45, 7) is 10.3. The molecule has 0 bridgehead atoms. The van der Waals surface area contributed by atoms with Gasteiger partial charge in [-0.1, -0.05) is 13.8 Å². The van der Waals surface area contributed by atoms with Gasteiger partial charge >= 0.3 is 0 Å². The Morgan fingerprint density at radius 2 is 2.00 bits per heavy atom. The molecule has 0 amide bonds. The van der Waals surface area contributed by atoms with Crippen molar-refractivity contribution in [2.24, 2.45) is 5.41 Å². The van der Waals surface area contributed by atoms with Crippen LogP contribution in [0.3, 0.4) is 0 Å². The van der Waals surface area contributed by atoms with Crippen LogP contribution in [0.2, 0.25) is 0 Å². The zero-order chi connectivity index (χ0) is 10.3. The van der Waals surface area contributed by atoms with Crippen molar-refractivity contribution in [1.82, 2.24) is 5.32 Å². The monoisotopic (exact) mass is 185 g/mol. The molecule has 0 saturated heterocycles. The summed E-state index contributed by atoms with van der Waals surface area (Å²) in [6.07, 6.45) is 2.54. The Morgan fingerprint density at radius 3 is 2.23 bits per heavy atom. The fraction of sp³-hybridized carbons (Fsp3) is 1.00. The van der Waals surface area contributed by atoms with Crippen molar-refractivity contribution >= 4 is 0 Å². The highest BCUT2D eigenvalue weighted by molar-refractivity contribution is 4.97. The molecule has 2 atom stereocenters. The molecule has 0 aromatic rings. The molecule has 78 valence electrons. The highest BCUT2D eigenvalue weighted by Crippen LogP contribution is 2.40. The first-order valence-electron chi connectivity index (χ1n) is 5.22. The first-order chi connectivity index (χ1) is 5.73. The maximum Gasteiger partial charge on any atom is 0.0741 e. The third kappa shape index (κ3) is 2.44. The van der Waals surface area contributed by atoms with Crippen LogP contribution in [0, 0.1) is 5.41 Å². The second-order valence-electron chi connectivity index (χ2n) is 5.62. The third-order valence-corrected chi connectivity index (χ3v) is 3.53. The van der Waals surface area contributed by atoms with Gasteiger partial charge in [-0.05, 0) is 39.0 Å². The standard InChI is InChI=1S/C11H23NO/c1-8(11(4,5)13)12-9-6-7-10(9,2)3/h8-9,12-13H,6-7H2,1-5H3. The summed E-state index contributed by atoms with van der Waals surface area (Å²) in [5.41, 5.74) is -0.203. The quantitative estimate of drug-likeness (QED) is 0.704. The minimum absolute atomic E-state index is 0.164. The lowest BCUT2D eigenvalue weighted by Crippen LogP contribution is -2.57. The number of hydrogen-bond acceptors (Lipinski definition) is 2. The Morgan fingerprint density at radius 1 is 1.46 bits per heavy atom. The average molecular weight is 185 g/mol. The summed E-state index contributed by atoms with van der Waals surface area (Å²) in [4.78, 5) is 0. The van der Waals surface area contributed by atoms with Crippen molar-refractivity contribution in [1.29, 1.82) is 0 Å². The number of hydrogen-bond donors (Lipinski definition) is 2. The van der Waals surface area contributed by atoms with Gasteiger partial charge in [0.25, 0.3) is 0 Å². The summed E-state index contributed by atoms with van der Waals surface area (Å²) in [5.74, 6) is 0. The van der Waals surface area contributed by atoms with E-state index in [0.29, 0.717) is 11.5 Å². The predicted octanol–water partition coefficient (Wildman–Crippen LogP) is 1.92. The molecular weight excluding hydrogens is 162 g/mol. The van der Waals surface area contributed by atoms with E-state index in [1.807, 2.05) is 13.8 Å². The van der Waals surface area contributed by atoms with Gasteiger partial charge in [0.15, 0.2) is 0 Å². The lowest BCUT2D eigenvalue weighted by Gasteiger charge is -2.47. The molecular formula is C11H23NO. The molecule has 0 aliphatic heterocycles. The third-order valence-electron chi connectivity index (χ3n) is 3.53. The molecule has 0 radical (unpaired) electrons. The largest absolute Gasteiger partial charge is 0.389 e. The molecule has 2 nitrogen and oxygen atoms in total. The van der Waals surface area contributed by atoms with E-state index in [4.69, 9.17) is 0 Å². The second kappa shape index (κ2) is 3.25. The van der Waals surface area contributed by atoms with Gasteiger partial charge < -0.3 is 10.4 Å². The van der Waals surface area contributed by atoms with Crippen LogP contribution < -0.4 is 5.32 Å². The van der Waals surface area contributed by atoms with Gasteiger partial charge in [0, 0.05) is 12.1 Å². The molecule has 1 saturated carbocycles. The van der Waals surface area contributed by atoms with E-state index in [1.165, 1.54) is 12.8 Å².